The van der Waals surface area contributed by atoms with E-state index in [2.05, 4.69) is 39.9 Å². The minimum Gasteiger partial charge on any atom is -0.361 e. The number of rotatable bonds is 3. The van der Waals surface area contributed by atoms with Gasteiger partial charge in [0.25, 0.3) is 0 Å². The third-order valence-corrected chi connectivity index (χ3v) is 7.01. The van der Waals surface area contributed by atoms with Gasteiger partial charge in [-0.1, -0.05) is 46.4 Å². The Bertz CT molecular complexity index is 410. The van der Waals surface area contributed by atoms with Crippen LogP contribution in [-0.2, 0) is 0 Å². The van der Waals surface area contributed by atoms with Gasteiger partial charge in [0.15, 0.2) is 5.17 Å². The fourth-order valence-corrected chi connectivity index (χ4v) is 5.93. The molecule has 0 radical (unpaired) electrons. The number of fused-ring (bicyclic) bond motifs is 2. The van der Waals surface area contributed by atoms with Crippen LogP contribution in [0.5, 0.6) is 0 Å². The first-order chi connectivity index (χ1) is 9.31. The summed E-state index contributed by atoms with van der Waals surface area (Å²) in [6.45, 7) is 12.0. The summed E-state index contributed by atoms with van der Waals surface area (Å²) in [6, 6.07) is 1.15. The van der Waals surface area contributed by atoms with E-state index in [1.807, 2.05) is 11.8 Å². The molecular weight excluding hydrogens is 264 g/mol. The highest BCUT2D eigenvalue weighted by molar-refractivity contribution is 8.14. The van der Waals surface area contributed by atoms with Crippen molar-refractivity contribution in [1.29, 1.82) is 0 Å². The van der Waals surface area contributed by atoms with E-state index in [1.54, 1.807) is 0 Å². The summed E-state index contributed by atoms with van der Waals surface area (Å²) in [5.41, 5.74) is 0.845. The summed E-state index contributed by atoms with van der Waals surface area (Å²) in [4.78, 5) is 5.21. The highest BCUT2D eigenvalue weighted by Crippen LogP contribution is 2.63. The molecule has 4 unspecified atom stereocenters. The smallest absolute Gasteiger partial charge is 0.157 e. The van der Waals surface area contributed by atoms with E-state index in [9.17, 15) is 0 Å². The van der Waals surface area contributed by atoms with Crippen LogP contribution in [0.1, 0.15) is 60.3 Å². The second-order valence-electron chi connectivity index (χ2n) is 8.53. The molecule has 1 heterocycles. The molecule has 1 N–H and O–H groups in total. The Morgan fingerprint density at radius 1 is 1.35 bits per heavy atom. The Morgan fingerprint density at radius 3 is 2.70 bits per heavy atom. The summed E-state index contributed by atoms with van der Waals surface area (Å²) >= 11 is 1.94. The molecule has 3 rings (SSSR count). The largest absolute Gasteiger partial charge is 0.361 e. The van der Waals surface area contributed by atoms with Crippen molar-refractivity contribution in [3.8, 4) is 0 Å². The lowest BCUT2D eigenvalue weighted by atomic mass is 9.69. The summed E-state index contributed by atoms with van der Waals surface area (Å²) in [7, 11) is 0. The van der Waals surface area contributed by atoms with Gasteiger partial charge in [-0.3, -0.25) is 4.99 Å². The lowest BCUT2D eigenvalue weighted by Crippen LogP contribution is -2.40. The molecule has 0 amide bonds. The third-order valence-electron chi connectivity index (χ3n) is 5.94. The summed E-state index contributed by atoms with van der Waals surface area (Å²) in [5.74, 6) is 2.85. The van der Waals surface area contributed by atoms with Crippen LogP contribution in [0.15, 0.2) is 4.99 Å². The number of aliphatic imine (C=N–C) groups is 1. The number of nitrogens with zero attached hydrogens (tertiary/aromatic N) is 1. The standard InChI is InChI=1S/C17H30N2S/c1-11(2)8-13-10-20-15(18-13)19-14-16(3,4)12-6-7-17(14,5)9-12/h11-14H,6-10H2,1-5H3,(H,18,19). The lowest BCUT2D eigenvalue weighted by molar-refractivity contribution is 0.142. The van der Waals surface area contributed by atoms with E-state index < -0.39 is 0 Å². The van der Waals surface area contributed by atoms with E-state index in [4.69, 9.17) is 4.99 Å². The van der Waals surface area contributed by atoms with Crippen molar-refractivity contribution in [3.63, 3.8) is 0 Å². The lowest BCUT2D eigenvalue weighted by Gasteiger charge is -2.40. The first kappa shape index (κ1) is 14.7. The molecule has 0 aromatic rings. The van der Waals surface area contributed by atoms with Gasteiger partial charge in [0.2, 0.25) is 0 Å². The maximum atomic E-state index is 5.21. The van der Waals surface area contributed by atoms with Gasteiger partial charge < -0.3 is 5.32 Å². The van der Waals surface area contributed by atoms with Crippen LogP contribution >= 0.6 is 11.8 Å². The molecule has 20 heavy (non-hydrogen) atoms. The number of hydrogen-bond donors (Lipinski definition) is 1. The van der Waals surface area contributed by atoms with Gasteiger partial charge in [-0.15, -0.1) is 0 Å². The second kappa shape index (κ2) is 4.93. The van der Waals surface area contributed by atoms with Crippen molar-refractivity contribution in [1.82, 2.24) is 5.32 Å². The van der Waals surface area contributed by atoms with Crippen LogP contribution in [0.25, 0.3) is 0 Å². The quantitative estimate of drug-likeness (QED) is 0.839. The normalized spacial score (nSPS) is 44.5. The van der Waals surface area contributed by atoms with Crippen LogP contribution in [0, 0.1) is 22.7 Å². The molecule has 2 aliphatic carbocycles. The van der Waals surface area contributed by atoms with E-state index in [0.717, 1.165) is 11.8 Å². The molecule has 3 aliphatic rings. The molecule has 0 aromatic carbocycles. The van der Waals surface area contributed by atoms with E-state index >= 15 is 0 Å². The number of amidine groups is 1. The number of thioether (sulfide) groups is 1. The zero-order valence-corrected chi connectivity index (χ0v) is 14.5. The van der Waals surface area contributed by atoms with Crippen molar-refractivity contribution in [3.05, 3.63) is 0 Å². The summed E-state index contributed by atoms with van der Waals surface area (Å²) < 4.78 is 0. The molecule has 114 valence electrons. The second-order valence-corrected chi connectivity index (χ2v) is 9.54. The van der Waals surface area contributed by atoms with Crippen LogP contribution in [-0.4, -0.2) is 23.0 Å². The average Bonchev–Trinajstić information content (AvgIpc) is 2.96. The van der Waals surface area contributed by atoms with Crippen LogP contribution in [0.3, 0.4) is 0 Å². The monoisotopic (exact) mass is 294 g/mol. The maximum absolute atomic E-state index is 5.21. The van der Waals surface area contributed by atoms with Gasteiger partial charge in [0.1, 0.15) is 0 Å². The molecule has 1 saturated heterocycles. The minimum atomic E-state index is 0.387. The molecule has 0 spiro atoms. The zero-order valence-electron chi connectivity index (χ0n) is 13.7. The summed E-state index contributed by atoms with van der Waals surface area (Å²) in [5, 5.41) is 4.90. The predicted octanol–water partition coefficient (Wildman–Crippen LogP) is 4.31. The van der Waals surface area contributed by atoms with Gasteiger partial charge in [0, 0.05) is 11.8 Å². The first-order valence-electron chi connectivity index (χ1n) is 8.28. The predicted molar refractivity (Wildman–Crippen MR) is 89.3 cm³/mol. The average molecular weight is 295 g/mol. The fraction of sp³-hybridized carbons (Fsp3) is 0.941. The third kappa shape index (κ3) is 2.40. The van der Waals surface area contributed by atoms with Crippen molar-refractivity contribution in [2.24, 2.45) is 27.7 Å². The molecule has 2 saturated carbocycles. The van der Waals surface area contributed by atoms with Gasteiger partial charge in [-0.25, -0.2) is 0 Å². The topological polar surface area (TPSA) is 24.4 Å². The van der Waals surface area contributed by atoms with E-state index in [-0.39, 0.29) is 0 Å². The molecule has 1 aliphatic heterocycles. The maximum Gasteiger partial charge on any atom is 0.157 e. The van der Waals surface area contributed by atoms with Crippen LogP contribution in [0.4, 0.5) is 0 Å². The molecule has 3 fully saturated rings. The van der Waals surface area contributed by atoms with Crippen molar-refractivity contribution in [2.75, 3.05) is 5.75 Å². The zero-order chi connectivity index (χ0) is 14.5. The highest BCUT2D eigenvalue weighted by atomic mass is 32.2. The van der Waals surface area contributed by atoms with Crippen LogP contribution in [0.2, 0.25) is 0 Å². The van der Waals surface area contributed by atoms with Gasteiger partial charge >= 0.3 is 0 Å². The Morgan fingerprint density at radius 2 is 2.10 bits per heavy atom. The Hall–Kier alpha value is -0.180. The molecule has 3 heteroatoms. The SMILES string of the molecule is CC(C)CC1CSC(=NC2C3(C)CCC(C3)C2(C)C)N1. The molecule has 0 aromatic heterocycles. The Balaban J connectivity index is 1.73. The molecule has 2 nitrogen and oxygen atoms in total. The molecule has 4 atom stereocenters. The minimum absolute atomic E-state index is 0.387. The van der Waals surface area contributed by atoms with Gasteiger partial charge in [-0.05, 0) is 48.3 Å². The van der Waals surface area contributed by atoms with Crippen molar-refractivity contribution in [2.45, 2.75) is 72.4 Å². The van der Waals surface area contributed by atoms with E-state index in [0.29, 0.717) is 22.9 Å². The van der Waals surface area contributed by atoms with Gasteiger partial charge in [-0.2, -0.15) is 0 Å². The summed E-state index contributed by atoms with van der Waals surface area (Å²) in [6.07, 6.45) is 5.45. The Labute approximate surface area is 128 Å². The Kier molecular flexibility index (Phi) is 3.63. The molecular formula is C17H30N2S. The van der Waals surface area contributed by atoms with Crippen molar-refractivity contribution >= 4 is 16.9 Å². The van der Waals surface area contributed by atoms with Crippen molar-refractivity contribution < 1.29 is 0 Å². The first-order valence-corrected chi connectivity index (χ1v) is 9.27. The fourth-order valence-electron chi connectivity index (χ4n) is 4.92. The van der Waals surface area contributed by atoms with E-state index in [1.165, 1.54) is 36.6 Å². The number of nitrogens with one attached hydrogen (secondary N) is 1. The number of hydrogen-bond acceptors (Lipinski definition) is 2. The van der Waals surface area contributed by atoms with Crippen LogP contribution < -0.4 is 5.32 Å². The molecule has 2 bridgehead atoms. The highest BCUT2D eigenvalue weighted by Gasteiger charge is 2.59. The van der Waals surface area contributed by atoms with Gasteiger partial charge in [0.05, 0.1) is 6.04 Å².